The number of nitrogens with zero attached hydrogens (tertiary/aromatic N) is 3. The van der Waals surface area contributed by atoms with Crippen molar-refractivity contribution in [2.75, 3.05) is 5.32 Å². The summed E-state index contributed by atoms with van der Waals surface area (Å²) in [5.41, 5.74) is 0.415. The molecule has 0 saturated heterocycles. The zero-order valence-corrected chi connectivity index (χ0v) is 11.9. The third-order valence-electron chi connectivity index (χ3n) is 2.80. The van der Waals surface area contributed by atoms with Crippen LogP contribution in [0.3, 0.4) is 0 Å². The van der Waals surface area contributed by atoms with Gasteiger partial charge >= 0.3 is 5.69 Å². The molecule has 1 aromatic carbocycles. The molecule has 0 aliphatic heterocycles. The average Bonchev–Trinajstić information content (AvgIpc) is 2.87. The Labute approximate surface area is 125 Å². The Bertz CT molecular complexity index is 851. The number of rotatable bonds is 3. The quantitative estimate of drug-likeness (QED) is 0.427. The van der Waals surface area contributed by atoms with Gasteiger partial charge in [0.25, 0.3) is 0 Å². The van der Waals surface area contributed by atoms with Crippen LogP contribution in [0.1, 0.15) is 0 Å². The summed E-state index contributed by atoms with van der Waals surface area (Å²) in [5, 5.41) is 20.6. The van der Waals surface area contributed by atoms with E-state index in [9.17, 15) is 14.5 Å². The molecular weight excluding hydrogens is 345 g/mol. The summed E-state index contributed by atoms with van der Waals surface area (Å²) >= 11 is 3.14. The summed E-state index contributed by atoms with van der Waals surface area (Å²) in [6.45, 7) is 0. The highest BCUT2D eigenvalue weighted by Crippen LogP contribution is 2.29. The normalized spacial score (nSPS) is 10.8. The Hall–Kier alpha value is -2.55. The first-order valence-electron chi connectivity index (χ1n) is 5.75. The van der Waals surface area contributed by atoms with Gasteiger partial charge in [-0.1, -0.05) is 0 Å². The Morgan fingerprint density at radius 1 is 1.38 bits per heavy atom. The summed E-state index contributed by atoms with van der Waals surface area (Å²) < 4.78 is 14.3. The molecule has 0 bridgehead atoms. The zero-order chi connectivity index (χ0) is 15.0. The molecule has 0 unspecified atom stereocenters. The van der Waals surface area contributed by atoms with E-state index in [4.69, 9.17) is 0 Å². The molecule has 2 N–H and O–H groups in total. The first-order valence-corrected chi connectivity index (χ1v) is 6.54. The van der Waals surface area contributed by atoms with E-state index < -0.39 is 10.7 Å². The molecule has 7 nitrogen and oxygen atoms in total. The van der Waals surface area contributed by atoms with Gasteiger partial charge in [0, 0.05) is 17.1 Å². The topological polar surface area (TPSA) is 96.7 Å². The van der Waals surface area contributed by atoms with Crippen LogP contribution in [0.5, 0.6) is 0 Å². The highest BCUT2D eigenvalue weighted by atomic mass is 79.9. The van der Waals surface area contributed by atoms with Crippen LogP contribution >= 0.6 is 15.9 Å². The fourth-order valence-corrected chi connectivity index (χ4v) is 2.20. The molecular formula is C12H7BrFN5O2. The van der Waals surface area contributed by atoms with Gasteiger partial charge in [-0.05, 0) is 34.1 Å². The van der Waals surface area contributed by atoms with Crippen LogP contribution in [0.15, 0.2) is 35.1 Å². The fraction of sp³-hybridized carbons (Fsp3) is 0. The van der Waals surface area contributed by atoms with Crippen molar-refractivity contribution in [3.8, 4) is 0 Å². The second-order valence-electron chi connectivity index (χ2n) is 4.18. The zero-order valence-electron chi connectivity index (χ0n) is 10.3. The molecule has 0 saturated carbocycles. The van der Waals surface area contributed by atoms with E-state index in [1.165, 1.54) is 24.4 Å². The smallest absolute Gasteiger partial charge is 0.311 e. The van der Waals surface area contributed by atoms with E-state index >= 15 is 0 Å². The first kappa shape index (κ1) is 13.4. The van der Waals surface area contributed by atoms with E-state index in [1.54, 1.807) is 6.07 Å². The summed E-state index contributed by atoms with van der Waals surface area (Å²) in [6.07, 6.45) is 1.46. The van der Waals surface area contributed by atoms with Crippen LogP contribution in [-0.4, -0.2) is 20.1 Å². The highest BCUT2D eigenvalue weighted by Gasteiger charge is 2.16. The number of fused-ring (bicyclic) bond motifs is 1. The number of nitro groups is 1. The number of hydrogen-bond donors (Lipinski definition) is 2. The number of H-pyrrole nitrogens is 1. The number of nitrogens with one attached hydrogen (secondary N) is 2. The van der Waals surface area contributed by atoms with Gasteiger partial charge in [-0.2, -0.15) is 5.10 Å². The predicted octanol–water partition coefficient (Wildman–Crippen LogP) is 3.51. The van der Waals surface area contributed by atoms with Gasteiger partial charge in [-0.15, -0.1) is 0 Å². The first-order chi connectivity index (χ1) is 10.0. The molecule has 0 aliphatic rings. The average molecular weight is 352 g/mol. The minimum absolute atomic E-state index is 0.0246. The standard InChI is InChI=1S/C12H7BrFN5O2/c13-10-2-1-9(19(20)21)12(17-10)16-7-3-6-5-15-18-11(6)8(14)4-7/h1-5H,(H,15,18)(H,16,17). The van der Waals surface area contributed by atoms with Crippen LogP contribution in [0, 0.1) is 15.9 Å². The van der Waals surface area contributed by atoms with Crippen LogP contribution in [0.4, 0.5) is 21.6 Å². The minimum atomic E-state index is -0.561. The molecule has 0 aliphatic carbocycles. The van der Waals surface area contributed by atoms with Gasteiger partial charge in [0.15, 0.2) is 5.82 Å². The molecule has 2 aromatic heterocycles. The van der Waals surface area contributed by atoms with Crippen LogP contribution in [0.2, 0.25) is 0 Å². The molecule has 106 valence electrons. The van der Waals surface area contributed by atoms with Gasteiger partial charge in [0.2, 0.25) is 5.82 Å². The van der Waals surface area contributed by atoms with Crippen LogP contribution in [-0.2, 0) is 0 Å². The Balaban J connectivity index is 2.05. The second kappa shape index (κ2) is 5.09. The monoisotopic (exact) mass is 351 g/mol. The van der Waals surface area contributed by atoms with E-state index in [0.717, 1.165) is 0 Å². The molecule has 0 fully saturated rings. The van der Waals surface area contributed by atoms with Crippen molar-refractivity contribution in [1.29, 1.82) is 0 Å². The van der Waals surface area contributed by atoms with E-state index in [1.807, 2.05) is 0 Å². The molecule has 0 spiro atoms. The third kappa shape index (κ3) is 2.55. The lowest BCUT2D eigenvalue weighted by atomic mass is 10.2. The molecule has 3 rings (SSSR count). The molecule has 3 aromatic rings. The highest BCUT2D eigenvalue weighted by molar-refractivity contribution is 9.10. The molecule has 2 heterocycles. The van der Waals surface area contributed by atoms with E-state index in [2.05, 4.69) is 36.4 Å². The van der Waals surface area contributed by atoms with Gasteiger partial charge in [0.1, 0.15) is 10.1 Å². The van der Waals surface area contributed by atoms with Crippen molar-refractivity contribution < 1.29 is 9.31 Å². The Kier molecular flexibility index (Phi) is 3.26. The molecule has 0 atom stereocenters. The molecule has 21 heavy (non-hydrogen) atoms. The number of aromatic nitrogens is 3. The van der Waals surface area contributed by atoms with Gasteiger partial charge < -0.3 is 5.32 Å². The molecule has 0 amide bonds. The number of anilines is 2. The lowest BCUT2D eigenvalue weighted by Crippen LogP contribution is -2.00. The summed E-state index contributed by atoms with van der Waals surface area (Å²) in [5.74, 6) is -0.484. The van der Waals surface area contributed by atoms with Gasteiger partial charge in [-0.25, -0.2) is 9.37 Å². The van der Waals surface area contributed by atoms with Crippen molar-refractivity contribution >= 4 is 44.0 Å². The van der Waals surface area contributed by atoms with Gasteiger partial charge in [-0.3, -0.25) is 15.2 Å². The maximum Gasteiger partial charge on any atom is 0.311 e. The van der Waals surface area contributed by atoms with Crippen molar-refractivity contribution in [2.45, 2.75) is 0 Å². The maximum atomic E-state index is 13.8. The maximum absolute atomic E-state index is 13.8. The van der Waals surface area contributed by atoms with Crippen molar-refractivity contribution in [2.24, 2.45) is 0 Å². The SMILES string of the molecule is O=[N+]([O-])c1ccc(Br)nc1Nc1cc(F)c2[nH]ncc2c1. The fourth-order valence-electron chi connectivity index (χ4n) is 1.89. The largest absolute Gasteiger partial charge is 0.334 e. The minimum Gasteiger partial charge on any atom is -0.334 e. The molecule has 0 radical (unpaired) electrons. The Morgan fingerprint density at radius 3 is 2.95 bits per heavy atom. The summed E-state index contributed by atoms with van der Waals surface area (Å²) in [4.78, 5) is 14.4. The number of pyridine rings is 1. The number of benzene rings is 1. The van der Waals surface area contributed by atoms with Gasteiger partial charge in [0.05, 0.1) is 11.1 Å². The van der Waals surface area contributed by atoms with E-state index in [0.29, 0.717) is 15.7 Å². The van der Waals surface area contributed by atoms with Crippen LogP contribution < -0.4 is 5.32 Å². The number of halogens is 2. The van der Waals surface area contributed by atoms with Crippen LogP contribution in [0.25, 0.3) is 10.9 Å². The Morgan fingerprint density at radius 2 is 2.19 bits per heavy atom. The van der Waals surface area contributed by atoms with Crippen molar-refractivity contribution in [3.05, 3.63) is 51.0 Å². The van der Waals surface area contributed by atoms with Crippen molar-refractivity contribution in [1.82, 2.24) is 15.2 Å². The molecule has 9 heteroatoms. The summed E-state index contributed by atoms with van der Waals surface area (Å²) in [7, 11) is 0. The number of hydrogen-bond acceptors (Lipinski definition) is 5. The lowest BCUT2D eigenvalue weighted by molar-refractivity contribution is -0.384. The third-order valence-corrected chi connectivity index (χ3v) is 3.24. The second-order valence-corrected chi connectivity index (χ2v) is 4.99. The number of aromatic amines is 1. The van der Waals surface area contributed by atoms with E-state index in [-0.39, 0.29) is 17.0 Å². The predicted molar refractivity (Wildman–Crippen MR) is 77.9 cm³/mol. The lowest BCUT2D eigenvalue weighted by Gasteiger charge is -2.07. The van der Waals surface area contributed by atoms with Crippen molar-refractivity contribution in [3.63, 3.8) is 0 Å². The summed E-state index contributed by atoms with van der Waals surface area (Å²) in [6, 6.07) is 5.61.